The van der Waals surface area contributed by atoms with Gasteiger partial charge in [-0.15, -0.1) is 0 Å². The normalized spacial score (nSPS) is 21.8. The lowest BCUT2D eigenvalue weighted by molar-refractivity contribution is 0.572. The van der Waals surface area contributed by atoms with Crippen molar-refractivity contribution in [3.63, 3.8) is 0 Å². The van der Waals surface area contributed by atoms with Crippen LogP contribution in [-0.2, 0) is 10.0 Å². The molecule has 1 fully saturated rings. The van der Waals surface area contributed by atoms with E-state index in [4.69, 9.17) is 5.84 Å². The molecule has 5 nitrogen and oxygen atoms in total. The van der Waals surface area contributed by atoms with E-state index in [0.717, 1.165) is 19.3 Å². The largest absolute Gasteiger partial charge is 0.324 e. The van der Waals surface area contributed by atoms with Crippen molar-refractivity contribution in [2.45, 2.75) is 51.0 Å². The third-order valence-corrected chi connectivity index (χ3v) is 5.58. The first-order chi connectivity index (χ1) is 9.39. The highest BCUT2D eigenvalue weighted by molar-refractivity contribution is 7.89. The number of benzene rings is 1. The molecule has 0 aliphatic heterocycles. The molecule has 0 spiro atoms. The van der Waals surface area contributed by atoms with E-state index in [9.17, 15) is 8.42 Å². The van der Waals surface area contributed by atoms with Crippen LogP contribution in [0, 0.1) is 19.8 Å². The molecule has 6 heteroatoms. The van der Waals surface area contributed by atoms with Crippen molar-refractivity contribution in [2.75, 3.05) is 5.43 Å². The average Bonchev–Trinajstić information content (AvgIpc) is 3.05. The second-order valence-electron chi connectivity index (χ2n) is 5.60. The van der Waals surface area contributed by atoms with Crippen molar-refractivity contribution >= 4 is 15.7 Å². The van der Waals surface area contributed by atoms with Gasteiger partial charge in [-0.3, -0.25) is 5.84 Å². The molecule has 2 atom stereocenters. The first-order valence-electron chi connectivity index (χ1n) is 6.99. The first-order valence-corrected chi connectivity index (χ1v) is 8.47. The third kappa shape index (κ3) is 3.13. The number of anilines is 1. The summed E-state index contributed by atoms with van der Waals surface area (Å²) in [5, 5.41) is 0. The maximum atomic E-state index is 12.5. The molecule has 1 aromatic carbocycles. The third-order valence-electron chi connectivity index (χ3n) is 3.78. The predicted molar refractivity (Wildman–Crippen MR) is 80.9 cm³/mol. The lowest BCUT2D eigenvalue weighted by Crippen LogP contribution is -2.28. The van der Waals surface area contributed by atoms with Gasteiger partial charge >= 0.3 is 0 Å². The molecule has 2 unspecified atom stereocenters. The Morgan fingerprint density at radius 2 is 1.90 bits per heavy atom. The van der Waals surface area contributed by atoms with E-state index in [2.05, 4.69) is 17.1 Å². The van der Waals surface area contributed by atoms with Gasteiger partial charge in [0.15, 0.2) is 0 Å². The molecule has 2 rings (SSSR count). The van der Waals surface area contributed by atoms with Crippen molar-refractivity contribution in [1.29, 1.82) is 0 Å². The van der Waals surface area contributed by atoms with Crippen LogP contribution < -0.4 is 16.0 Å². The lowest BCUT2D eigenvalue weighted by Gasteiger charge is -2.14. The van der Waals surface area contributed by atoms with Crippen molar-refractivity contribution in [3.05, 3.63) is 23.3 Å². The maximum absolute atomic E-state index is 12.5. The molecule has 1 aliphatic rings. The van der Waals surface area contributed by atoms with E-state index in [1.807, 2.05) is 0 Å². The van der Waals surface area contributed by atoms with Crippen molar-refractivity contribution in [2.24, 2.45) is 11.8 Å². The number of nitrogens with two attached hydrogens (primary N) is 1. The molecule has 112 valence electrons. The topological polar surface area (TPSA) is 84.2 Å². The molecule has 0 saturated heterocycles. The van der Waals surface area contributed by atoms with Crippen LogP contribution >= 0.6 is 0 Å². The van der Waals surface area contributed by atoms with Crippen LogP contribution in [0.3, 0.4) is 0 Å². The van der Waals surface area contributed by atoms with Crippen LogP contribution in [0.4, 0.5) is 5.69 Å². The zero-order chi connectivity index (χ0) is 14.9. The summed E-state index contributed by atoms with van der Waals surface area (Å²) in [6, 6.07) is 3.60. The second kappa shape index (κ2) is 5.71. The van der Waals surface area contributed by atoms with Gasteiger partial charge in [0.1, 0.15) is 0 Å². The molecule has 1 aliphatic carbocycles. The molecule has 1 aromatic rings. The molecule has 4 N–H and O–H groups in total. The van der Waals surface area contributed by atoms with E-state index in [-0.39, 0.29) is 6.04 Å². The molecule has 1 saturated carbocycles. The van der Waals surface area contributed by atoms with Gasteiger partial charge in [-0.1, -0.05) is 13.3 Å². The van der Waals surface area contributed by atoms with Crippen molar-refractivity contribution in [1.82, 2.24) is 4.72 Å². The van der Waals surface area contributed by atoms with Crippen LogP contribution in [0.15, 0.2) is 17.0 Å². The summed E-state index contributed by atoms with van der Waals surface area (Å²) in [5.74, 6) is 5.87. The molecule has 20 heavy (non-hydrogen) atoms. The molecule has 0 amide bonds. The first kappa shape index (κ1) is 15.3. The van der Waals surface area contributed by atoms with Crippen LogP contribution in [0.2, 0.25) is 0 Å². The molecule has 0 bridgehead atoms. The molecular formula is C14H23N3O2S. The maximum Gasteiger partial charge on any atom is 0.241 e. The zero-order valence-corrected chi connectivity index (χ0v) is 13.0. The minimum Gasteiger partial charge on any atom is -0.324 e. The minimum atomic E-state index is -3.45. The number of aryl methyl sites for hydroxylation is 2. The fourth-order valence-electron chi connectivity index (χ4n) is 2.80. The Hall–Kier alpha value is -1.11. The Kier molecular flexibility index (Phi) is 4.36. The van der Waals surface area contributed by atoms with Crippen molar-refractivity contribution in [3.8, 4) is 0 Å². The van der Waals surface area contributed by atoms with Crippen LogP contribution in [0.1, 0.15) is 37.3 Å². The molecule has 0 radical (unpaired) electrons. The Bertz CT molecular complexity index is 575. The summed E-state index contributed by atoms with van der Waals surface area (Å²) in [5.41, 5.74) is 4.68. The predicted octanol–water partition coefficient (Wildman–Crippen LogP) is 2.06. The quantitative estimate of drug-likeness (QED) is 0.554. The minimum absolute atomic E-state index is 0.103. The summed E-state index contributed by atoms with van der Waals surface area (Å²) in [6.45, 7) is 5.70. The summed E-state index contributed by atoms with van der Waals surface area (Å²) in [4.78, 5) is 0.374. The highest BCUT2D eigenvalue weighted by Gasteiger charge is 2.39. The Balaban J connectivity index is 2.22. The molecule has 0 aromatic heterocycles. The SMILES string of the molecule is CCCC1CC1NS(=O)(=O)c1c(C)cc(NN)cc1C. The fourth-order valence-corrected chi connectivity index (χ4v) is 4.57. The number of rotatable bonds is 6. The van der Waals surface area contributed by atoms with E-state index in [1.54, 1.807) is 26.0 Å². The van der Waals surface area contributed by atoms with Crippen LogP contribution in [-0.4, -0.2) is 14.5 Å². The van der Waals surface area contributed by atoms with Crippen LogP contribution in [0.5, 0.6) is 0 Å². The Morgan fingerprint density at radius 3 is 2.40 bits per heavy atom. The number of sulfonamides is 1. The summed E-state index contributed by atoms with van der Waals surface area (Å²) < 4.78 is 27.8. The smallest absolute Gasteiger partial charge is 0.241 e. The Labute approximate surface area is 121 Å². The lowest BCUT2D eigenvalue weighted by atomic mass is 10.1. The molecule has 0 heterocycles. The highest BCUT2D eigenvalue weighted by atomic mass is 32.2. The highest BCUT2D eigenvalue weighted by Crippen LogP contribution is 2.36. The van der Waals surface area contributed by atoms with E-state index >= 15 is 0 Å². The second-order valence-corrected chi connectivity index (χ2v) is 7.25. The number of hydrogen-bond donors (Lipinski definition) is 3. The van der Waals surface area contributed by atoms with E-state index in [1.165, 1.54) is 0 Å². The monoisotopic (exact) mass is 297 g/mol. The van der Waals surface area contributed by atoms with Gasteiger partial charge in [0.2, 0.25) is 10.0 Å². The van der Waals surface area contributed by atoms with Gasteiger partial charge in [0.05, 0.1) is 4.90 Å². The summed E-state index contributed by atoms with van der Waals surface area (Å²) in [7, 11) is -3.45. The van der Waals surface area contributed by atoms with Gasteiger partial charge in [0.25, 0.3) is 0 Å². The number of nitrogen functional groups attached to an aromatic ring is 1. The number of hydrogen-bond acceptors (Lipinski definition) is 4. The number of nitrogens with one attached hydrogen (secondary N) is 2. The van der Waals surface area contributed by atoms with E-state index < -0.39 is 10.0 Å². The standard InChI is InChI=1S/C14H23N3O2S/c1-4-5-11-8-13(11)17-20(18,19)14-9(2)6-12(16-15)7-10(14)3/h6-7,11,13,16-17H,4-5,8,15H2,1-3H3. The van der Waals surface area contributed by atoms with Crippen LogP contribution in [0.25, 0.3) is 0 Å². The zero-order valence-electron chi connectivity index (χ0n) is 12.2. The Morgan fingerprint density at radius 1 is 1.30 bits per heavy atom. The van der Waals surface area contributed by atoms with Gasteiger partial charge in [0, 0.05) is 11.7 Å². The van der Waals surface area contributed by atoms with E-state index in [0.29, 0.717) is 27.6 Å². The van der Waals surface area contributed by atoms with Gasteiger partial charge in [-0.25, -0.2) is 13.1 Å². The average molecular weight is 297 g/mol. The summed E-state index contributed by atoms with van der Waals surface area (Å²) >= 11 is 0. The van der Waals surface area contributed by atoms with Gasteiger partial charge in [-0.05, 0) is 55.9 Å². The van der Waals surface area contributed by atoms with Gasteiger partial charge < -0.3 is 5.43 Å². The van der Waals surface area contributed by atoms with Gasteiger partial charge in [-0.2, -0.15) is 0 Å². The fraction of sp³-hybridized carbons (Fsp3) is 0.571. The van der Waals surface area contributed by atoms with Crippen molar-refractivity contribution < 1.29 is 8.42 Å². The number of hydrazine groups is 1. The summed E-state index contributed by atoms with van der Waals surface area (Å²) in [6.07, 6.45) is 3.13. The molecular weight excluding hydrogens is 274 g/mol.